The van der Waals surface area contributed by atoms with Gasteiger partial charge in [-0.3, -0.25) is 0 Å². The molecule has 84 valence electrons. The molecule has 2 rings (SSSR count). The molecule has 1 aromatic rings. The van der Waals surface area contributed by atoms with Crippen LogP contribution in [0.4, 0.5) is 5.13 Å². The van der Waals surface area contributed by atoms with E-state index in [0.29, 0.717) is 18.5 Å². The average molecular weight is 227 g/mol. The molecule has 5 heteroatoms. The van der Waals surface area contributed by atoms with Gasteiger partial charge in [-0.25, -0.2) is 4.98 Å². The summed E-state index contributed by atoms with van der Waals surface area (Å²) in [4.78, 5) is 6.64. The Morgan fingerprint density at radius 3 is 2.80 bits per heavy atom. The van der Waals surface area contributed by atoms with Crippen LogP contribution in [-0.2, 0) is 0 Å². The summed E-state index contributed by atoms with van der Waals surface area (Å²) >= 11 is 1.45. The molecule has 1 aliphatic rings. The predicted octanol–water partition coefficient (Wildman–Crippen LogP) is 1.62. The Hall–Kier alpha value is -0.680. The summed E-state index contributed by atoms with van der Waals surface area (Å²) in [5.41, 5.74) is 0. The molecule has 1 aliphatic carbocycles. The van der Waals surface area contributed by atoms with Gasteiger partial charge in [0, 0.05) is 30.0 Å². The smallest absolute Gasteiger partial charge is 0.205 e. The molecular formula is C10H17N3OS. The lowest BCUT2D eigenvalue weighted by molar-refractivity contribution is 0.299. The van der Waals surface area contributed by atoms with Gasteiger partial charge in [-0.15, -0.1) is 0 Å². The molecule has 1 N–H and O–H groups in total. The van der Waals surface area contributed by atoms with Crippen LogP contribution in [0.25, 0.3) is 0 Å². The minimum absolute atomic E-state index is 0.163. The lowest BCUT2D eigenvalue weighted by Crippen LogP contribution is -2.33. The van der Waals surface area contributed by atoms with Crippen molar-refractivity contribution >= 4 is 16.7 Å². The Labute approximate surface area is 94.1 Å². The minimum atomic E-state index is 0.163. The van der Waals surface area contributed by atoms with Crippen LogP contribution >= 0.6 is 11.5 Å². The van der Waals surface area contributed by atoms with Gasteiger partial charge in [0.25, 0.3) is 0 Å². The van der Waals surface area contributed by atoms with Crippen molar-refractivity contribution in [2.45, 2.75) is 38.6 Å². The summed E-state index contributed by atoms with van der Waals surface area (Å²) in [6, 6.07) is 0.358. The third-order valence-electron chi connectivity index (χ3n) is 2.58. The van der Waals surface area contributed by atoms with Crippen molar-refractivity contribution in [3.8, 4) is 0 Å². The van der Waals surface area contributed by atoms with Crippen LogP contribution in [-0.4, -0.2) is 33.7 Å². The van der Waals surface area contributed by atoms with Crippen LogP contribution in [0.2, 0.25) is 0 Å². The number of rotatable bonds is 5. The Balaban J connectivity index is 2.10. The van der Waals surface area contributed by atoms with Crippen molar-refractivity contribution in [1.82, 2.24) is 9.36 Å². The van der Waals surface area contributed by atoms with E-state index in [1.54, 1.807) is 0 Å². The van der Waals surface area contributed by atoms with Crippen LogP contribution in [0.3, 0.4) is 0 Å². The van der Waals surface area contributed by atoms with Gasteiger partial charge in [0.1, 0.15) is 5.82 Å². The van der Waals surface area contributed by atoms with Crippen molar-refractivity contribution in [3.05, 3.63) is 5.82 Å². The van der Waals surface area contributed by atoms with Crippen LogP contribution in [0.1, 0.15) is 38.4 Å². The number of aliphatic hydroxyl groups is 1. The van der Waals surface area contributed by atoms with Gasteiger partial charge in [0.15, 0.2) is 0 Å². The molecule has 0 amide bonds. The fourth-order valence-corrected chi connectivity index (χ4v) is 2.44. The molecule has 0 unspecified atom stereocenters. The van der Waals surface area contributed by atoms with Crippen LogP contribution in [0, 0.1) is 0 Å². The summed E-state index contributed by atoms with van der Waals surface area (Å²) in [5, 5.41) is 9.94. The van der Waals surface area contributed by atoms with Gasteiger partial charge in [0.05, 0.1) is 6.61 Å². The Bertz CT molecular complexity index is 322. The fourth-order valence-electron chi connectivity index (χ4n) is 1.53. The molecule has 1 aromatic heterocycles. The molecule has 0 atom stereocenters. The number of aliphatic hydroxyl groups excluding tert-OH is 1. The third kappa shape index (κ3) is 2.46. The maximum absolute atomic E-state index is 8.99. The number of hydrogen-bond acceptors (Lipinski definition) is 5. The predicted molar refractivity (Wildman–Crippen MR) is 61.5 cm³/mol. The molecule has 1 saturated carbocycles. The lowest BCUT2D eigenvalue weighted by Gasteiger charge is -2.24. The highest BCUT2D eigenvalue weighted by Gasteiger charge is 2.28. The van der Waals surface area contributed by atoms with E-state index in [1.165, 1.54) is 24.4 Å². The number of anilines is 1. The monoisotopic (exact) mass is 227 g/mol. The molecule has 4 nitrogen and oxygen atoms in total. The summed E-state index contributed by atoms with van der Waals surface area (Å²) in [6.45, 7) is 5.01. The first kappa shape index (κ1) is 10.8. The summed E-state index contributed by atoms with van der Waals surface area (Å²) in [6.07, 6.45) is 2.47. The standard InChI is InChI=1S/C10H17N3OS/c1-7(2)13(5-6-14)10-11-9(12-15-10)8-3-4-8/h7-8,14H,3-6H2,1-2H3. The Morgan fingerprint density at radius 2 is 2.27 bits per heavy atom. The van der Waals surface area contributed by atoms with E-state index >= 15 is 0 Å². The number of aromatic nitrogens is 2. The van der Waals surface area contributed by atoms with E-state index in [4.69, 9.17) is 5.11 Å². The molecule has 1 heterocycles. The van der Waals surface area contributed by atoms with E-state index in [1.807, 2.05) is 0 Å². The average Bonchev–Trinajstić information content (AvgIpc) is 2.94. The first-order valence-corrected chi connectivity index (χ1v) is 6.21. The Morgan fingerprint density at radius 1 is 1.53 bits per heavy atom. The largest absolute Gasteiger partial charge is 0.395 e. The molecule has 0 bridgehead atoms. The SMILES string of the molecule is CC(C)N(CCO)c1nc(C2CC2)ns1. The van der Waals surface area contributed by atoms with E-state index in [-0.39, 0.29) is 6.61 Å². The van der Waals surface area contributed by atoms with Crippen molar-refractivity contribution in [3.63, 3.8) is 0 Å². The molecular weight excluding hydrogens is 210 g/mol. The van der Waals surface area contributed by atoms with Gasteiger partial charge < -0.3 is 10.0 Å². The van der Waals surface area contributed by atoms with Crippen molar-refractivity contribution < 1.29 is 5.11 Å². The normalized spacial score (nSPS) is 16.0. The highest BCUT2D eigenvalue weighted by atomic mass is 32.1. The molecule has 1 fully saturated rings. The first-order chi connectivity index (χ1) is 7.22. The quantitative estimate of drug-likeness (QED) is 0.830. The second kappa shape index (κ2) is 4.45. The summed E-state index contributed by atoms with van der Waals surface area (Å²) in [5.74, 6) is 1.61. The first-order valence-electron chi connectivity index (χ1n) is 5.43. The summed E-state index contributed by atoms with van der Waals surface area (Å²) < 4.78 is 4.37. The second-order valence-corrected chi connectivity index (χ2v) is 4.95. The molecule has 0 aromatic carbocycles. The van der Waals surface area contributed by atoms with E-state index in [0.717, 1.165) is 11.0 Å². The van der Waals surface area contributed by atoms with Crippen molar-refractivity contribution in [2.24, 2.45) is 0 Å². The fraction of sp³-hybridized carbons (Fsp3) is 0.800. The highest BCUT2D eigenvalue weighted by molar-refractivity contribution is 7.09. The van der Waals surface area contributed by atoms with Gasteiger partial charge in [-0.2, -0.15) is 4.37 Å². The molecule has 15 heavy (non-hydrogen) atoms. The minimum Gasteiger partial charge on any atom is -0.395 e. The van der Waals surface area contributed by atoms with Crippen LogP contribution in [0.5, 0.6) is 0 Å². The number of hydrogen-bond donors (Lipinski definition) is 1. The molecule has 0 saturated heterocycles. The van der Waals surface area contributed by atoms with Gasteiger partial charge in [-0.05, 0) is 26.7 Å². The maximum Gasteiger partial charge on any atom is 0.205 e. The van der Waals surface area contributed by atoms with Crippen LogP contribution < -0.4 is 4.90 Å². The third-order valence-corrected chi connectivity index (χ3v) is 3.35. The van der Waals surface area contributed by atoms with Gasteiger partial charge in [0.2, 0.25) is 5.13 Å². The maximum atomic E-state index is 8.99. The zero-order valence-corrected chi connectivity index (χ0v) is 10.00. The van der Waals surface area contributed by atoms with Crippen LogP contribution in [0.15, 0.2) is 0 Å². The van der Waals surface area contributed by atoms with Gasteiger partial charge >= 0.3 is 0 Å². The summed E-state index contributed by atoms with van der Waals surface area (Å²) in [7, 11) is 0. The van der Waals surface area contributed by atoms with Crippen molar-refractivity contribution in [1.29, 1.82) is 0 Å². The second-order valence-electron chi connectivity index (χ2n) is 4.22. The molecule has 0 radical (unpaired) electrons. The molecule has 0 spiro atoms. The van der Waals surface area contributed by atoms with Gasteiger partial charge in [-0.1, -0.05) is 0 Å². The topological polar surface area (TPSA) is 49.2 Å². The van der Waals surface area contributed by atoms with E-state index < -0.39 is 0 Å². The molecule has 0 aliphatic heterocycles. The lowest BCUT2D eigenvalue weighted by atomic mass is 10.3. The number of nitrogens with zero attached hydrogens (tertiary/aromatic N) is 3. The highest BCUT2D eigenvalue weighted by Crippen LogP contribution is 2.39. The Kier molecular flexibility index (Phi) is 3.21. The van der Waals surface area contributed by atoms with E-state index in [9.17, 15) is 0 Å². The van der Waals surface area contributed by atoms with E-state index in [2.05, 4.69) is 28.1 Å². The zero-order chi connectivity index (χ0) is 10.8. The zero-order valence-electron chi connectivity index (χ0n) is 9.18. The van der Waals surface area contributed by atoms with Crippen molar-refractivity contribution in [2.75, 3.05) is 18.1 Å².